The molecule has 0 aliphatic heterocycles. The van der Waals surface area contributed by atoms with Crippen LogP contribution in [0.3, 0.4) is 0 Å². The summed E-state index contributed by atoms with van der Waals surface area (Å²) in [5.74, 6) is 1.32. The number of ether oxygens (including phenoxy) is 2. The van der Waals surface area contributed by atoms with Crippen molar-refractivity contribution in [3.05, 3.63) is 57.6 Å². The molecule has 2 rings (SSSR count). The Balaban J connectivity index is 0.00000288. The molecule has 4 nitrogen and oxygen atoms in total. The lowest BCUT2D eigenvalue weighted by Gasteiger charge is -2.13. The summed E-state index contributed by atoms with van der Waals surface area (Å²) in [6, 6.07) is 11.1. The quantitative estimate of drug-likeness (QED) is 0.665. The van der Waals surface area contributed by atoms with E-state index in [1.165, 1.54) is 0 Å². The summed E-state index contributed by atoms with van der Waals surface area (Å²) in [4.78, 5) is 0. The van der Waals surface area contributed by atoms with Crippen molar-refractivity contribution in [2.24, 2.45) is 0 Å². The van der Waals surface area contributed by atoms with Gasteiger partial charge in [0.2, 0.25) is 0 Å². The molecule has 0 aromatic heterocycles. The van der Waals surface area contributed by atoms with Gasteiger partial charge in [-0.15, -0.1) is 12.4 Å². The van der Waals surface area contributed by atoms with Crippen molar-refractivity contribution in [3.63, 3.8) is 0 Å². The second-order valence-corrected chi connectivity index (χ2v) is 5.74. The largest absolute Gasteiger partial charge is 0.493 e. The molecule has 0 radical (unpaired) electrons. The molecule has 0 atom stereocenters. The zero-order valence-corrected chi connectivity index (χ0v) is 15.5. The van der Waals surface area contributed by atoms with Gasteiger partial charge in [0.25, 0.3) is 0 Å². The Hall–Kier alpha value is -1.17. The standard InChI is InChI=1S/C17H19Cl2NO3.ClH/c1-22-17-9-12(10-20-6-7-21)3-5-16(17)23-11-13-2-4-14(18)15(19)8-13;/h2-5,8-9,20-21H,6-7,10-11H2,1H3;1H. The molecule has 0 aliphatic rings. The summed E-state index contributed by atoms with van der Waals surface area (Å²) in [5, 5.41) is 12.9. The maximum absolute atomic E-state index is 8.78. The first-order chi connectivity index (χ1) is 11.1. The minimum Gasteiger partial charge on any atom is -0.493 e. The van der Waals surface area contributed by atoms with Crippen LogP contribution in [0.5, 0.6) is 11.5 Å². The van der Waals surface area contributed by atoms with Crippen molar-refractivity contribution in [1.29, 1.82) is 0 Å². The number of aliphatic hydroxyl groups excluding tert-OH is 1. The van der Waals surface area contributed by atoms with Crippen LogP contribution in [-0.2, 0) is 13.2 Å². The first-order valence-corrected chi connectivity index (χ1v) is 7.95. The molecule has 132 valence electrons. The van der Waals surface area contributed by atoms with E-state index in [0.29, 0.717) is 41.2 Å². The average Bonchev–Trinajstić information content (AvgIpc) is 2.56. The zero-order chi connectivity index (χ0) is 16.7. The molecular formula is C17H20Cl3NO3. The van der Waals surface area contributed by atoms with E-state index in [2.05, 4.69) is 5.32 Å². The molecule has 0 unspecified atom stereocenters. The second kappa shape index (κ2) is 10.6. The minimum atomic E-state index is 0. The molecule has 0 bridgehead atoms. The van der Waals surface area contributed by atoms with Crippen molar-refractivity contribution < 1.29 is 14.6 Å². The van der Waals surface area contributed by atoms with Gasteiger partial charge in [-0.3, -0.25) is 0 Å². The number of hydrogen-bond donors (Lipinski definition) is 2. The van der Waals surface area contributed by atoms with Crippen molar-refractivity contribution >= 4 is 35.6 Å². The monoisotopic (exact) mass is 391 g/mol. The van der Waals surface area contributed by atoms with Gasteiger partial charge in [-0.1, -0.05) is 35.3 Å². The van der Waals surface area contributed by atoms with Crippen LogP contribution in [-0.4, -0.2) is 25.4 Å². The number of halogens is 3. The van der Waals surface area contributed by atoms with E-state index in [1.807, 2.05) is 24.3 Å². The van der Waals surface area contributed by atoms with Crippen LogP contribution in [0.25, 0.3) is 0 Å². The van der Waals surface area contributed by atoms with Gasteiger partial charge in [-0.05, 0) is 35.4 Å². The molecule has 2 aromatic rings. The Morgan fingerprint density at radius 3 is 2.42 bits per heavy atom. The first kappa shape index (κ1) is 20.9. The van der Waals surface area contributed by atoms with Gasteiger partial charge in [-0.2, -0.15) is 0 Å². The number of aliphatic hydroxyl groups is 1. The van der Waals surface area contributed by atoms with E-state index in [4.69, 9.17) is 37.8 Å². The van der Waals surface area contributed by atoms with Gasteiger partial charge >= 0.3 is 0 Å². The third-order valence-electron chi connectivity index (χ3n) is 3.22. The van der Waals surface area contributed by atoms with Crippen LogP contribution >= 0.6 is 35.6 Å². The predicted molar refractivity (Wildman–Crippen MR) is 99.8 cm³/mol. The highest BCUT2D eigenvalue weighted by molar-refractivity contribution is 6.42. The van der Waals surface area contributed by atoms with E-state index >= 15 is 0 Å². The summed E-state index contributed by atoms with van der Waals surface area (Å²) < 4.78 is 11.2. The number of nitrogens with one attached hydrogen (secondary N) is 1. The molecule has 24 heavy (non-hydrogen) atoms. The molecule has 0 saturated heterocycles. The highest BCUT2D eigenvalue weighted by atomic mass is 35.5. The van der Waals surface area contributed by atoms with E-state index in [0.717, 1.165) is 11.1 Å². The van der Waals surface area contributed by atoms with Crippen LogP contribution in [0.2, 0.25) is 10.0 Å². The fraction of sp³-hybridized carbons (Fsp3) is 0.294. The number of benzene rings is 2. The third kappa shape index (κ3) is 6.04. The maximum Gasteiger partial charge on any atom is 0.161 e. The predicted octanol–water partition coefficient (Wildman–Crippen LogP) is 4.08. The molecule has 0 aliphatic carbocycles. The molecular weight excluding hydrogens is 373 g/mol. The highest BCUT2D eigenvalue weighted by Gasteiger charge is 2.07. The normalized spacial score (nSPS) is 10.2. The number of methoxy groups -OCH3 is 1. The average molecular weight is 393 g/mol. The van der Waals surface area contributed by atoms with Crippen molar-refractivity contribution in [2.45, 2.75) is 13.2 Å². The lowest BCUT2D eigenvalue weighted by atomic mass is 10.2. The van der Waals surface area contributed by atoms with E-state index in [1.54, 1.807) is 19.2 Å². The summed E-state index contributed by atoms with van der Waals surface area (Å²) in [7, 11) is 1.60. The summed E-state index contributed by atoms with van der Waals surface area (Å²) >= 11 is 11.9. The van der Waals surface area contributed by atoms with E-state index in [9.17, 15) is 0 Å². The van der Waals surface area contributed by atoms with Gasteiger partial charge in [0.15, 0.2) is 11.5 Å². The molecule has 0 saturated carbocycles. The van der Waals surface area contributed by atoms with Crippen molar-refractivity contribution in [1.82, 2.24) is 5.32 Å². The fourth-order valence-electron chi connectivity index (χ4n) is 2.04. The van der Waals surface area contributed by atoms with Gasteiger partial charge < -0.3 is 19.9 Å². The van der Waals surface area contributed by atoms with Gasteiger partial charge in [-0.25, -0.2) is 0 Å². The van der Waals surface area contributed by atoms with Crippen LogP contribution in [0.4, 0.5) is 0 Å². The molecule has 0 fully saturated rings. The van der Waals surface area contributed by atoms with Gasteiger partial charge in [0.05, 0.1) is 23.8 Å². The molecule has 2 aromatic carbocycles. The number of rotatable bonds is 8. The highest BCUT2D eigenvalue weighted by Crippen LogP contribution is 2.29. The Labute approximate surface area is 158 Å². The van der Waals surface area contributed by atoms with Gasteiger partial charge in [0.1, 0.15) is 6.61 Å². The topological polar surface area (TPSA) is 50.7 Å². The third-order valence-corrected chi connectivity index (χ3v) is 3.96. The molecule has 0 heterocycles. The van der Waals surface area contributed by atoms with Crippen LogP contribution in [0.15, 0.2) is 36.4 Å². The zero-order valence-electron chi connectivity index (χ0n) is 13.2. The Bertz CT molecular complexity index is 653. The van der Waals surface area contributed by atoms with Gasteiger partial charge in [0, 0.05) is 13.1 Å². The first-order valence-electron chi connectivity index (χ1n) is 7.19. The molecule has 0 amide bonds. The summed E-state index contributed by atoms with van der Waals surface area (Å²) in [5.41, 5.74) is 1.98. The SMILES string of the molecule is COc1cc(CNCCO)ccc1OCc1ccc(Cl)c(Cl)c1.Cl. The maximum atomic E-state index is 8.78. The van der Waals surface area contributed by atoms with Crippen LogP contribution in [0.1, 0.15) is 11.1 Å². The minimum absolute atomic E-state index is 0. The Kier molecular flexibility index (Phi) is 9.26. The fourth-order valence-corrected chi connectivity index (χ4v) is 2.36. The summed E-state index contributed by atoms with van der Waals surface area (Å²) in [6.45, 7) is 1.69. The van der Waals surface area contributed by atoms with E-state index < -0.39 is 0 Å². The Morgan fingerprint density at radius 1 is 1.00 bits per heavy atom. The number of hydrogen-bond acceptors (Lipinski definition) is 4. The van der Waals surface area contributed by atoms with Crippen molar-refractivity contribution in [2.75, 3.05) is 20.3 Å². The van der Waals surface area contributed by atoms with Crippen molar-refractivity contribution in [3.8, 4) is 11.5 Å². The van der Waals surface area contributed by atoms with E-state index in [-0.39, 0.29) is 19.0 Å². The molecule has 0 spiro atoms. The van der Waals surface area contributed by atoms with Crippen LogP contribution < -0.4 is 14.8 Å². The Morgan fingerprint density at radius 2 is 1.75 bits per heavy atom. The second-order valence-electron chi connectivity index (χ2n) is 4.92. The smallest absolute Gasteiger partial charge is 0.161 e. The molecule has 7 heteroatoms. The lowest BCUT2D eigenvalue weighted by molar-refractivity contribution is 0.284. The lowest BCUT2D eigenvalue weighted by Crippen LogP contribution is -2.17. The molecule has 2 N–H and O–H groups in total. The summed E-state index contributed by atoms with van der Waals surface area (Å²) in [6.07, 6.45) is 0. The van der Waals surface area contributed by atoms with Crippen LogP contribution in [0, 0.1) is 0 Å².